The summed E-state index contributed by atoms with van der Waals surface area (Å²) in [6.07, 6.45) is 5.03. The molecule has 0 radical (unpaired) electrons. The maximum atomic E-state index is 18.5. The van der Waals surface area contributed by atoms with Crippen LogP contribution in [-0.2, 0) is 30.8 Å². The normalized spacial score (nSPS) is 20.4. The van der Waals surface area contributed by atoms with Crippen molar-refractivity contribution in [3.63, 3.8) is 0 Å². The summed E-state index contributed by atoms with van der Waals surface area (Å²) < 4.78 is 76.0. The molecule has 7 heterocycles. The SMILES string of the molecule is CC(C)[Si](C#Cc1c(F)ccc2cc(O[Si](C(C)C)(C(C)C)C(C)C)cc(-c3ncc4c(N5CCC[C@@](C)(O)C5)nc(OC[C@@]56CCCN5[C@@H](OC(=O)N(C)CCOCCOCCOc5ccc7c(c5)n(C)c(=O)n7C5CCC(=O)NC5=O)CC6)nc4c3F)c12)(C(C)C)C(C)C. The summed E-state index contributed by atoms with van der Waals surface area (Å²) in [6, 6.07) is 11.3. The number of carbonyl (C=O) groups is 3. The maximum Gasteiger partial charge on any atom is 0.411 e. The number of rotatable bonds is 25. The summed E-state index contributed by atoms with van der Waals surface area (Å²) in [4.78, 5) is 71.6. The Kier molecular flexibility index (Phi) is 21.8. The van der Waals surface area contributed by atoms with Gasteiger partial charge in [-0.2, -0.15) is 9.97 Å². The molecule has 4 aliphatic heterocycles. The average molecular weight is 1360 g/mol. The second-order valence-corrected chi connectivity index (χ2v) is 40.1. The summed E-state index contributed by atoms with van der Waals surface area (Å²) in [5, 5.41) is 15.2. The molecule has 4 saturated heterocycles. The highest BCUT2D eigenvalue weighted by Gasteiger charge is 2.52. The highest BCUT2D eigenvalue weighted by molar-refractivity contribution is 6.90. The highest BCUT2D eigenvalue weighted by Crippen LogP contribution is 2.48. The number of fused-ring (bicyclic) bond motifs is 4. The monoisotopic (exact) mass is 1360 g/mol. The number of carbonyl (C=O) groups excluding carboxylic acids is 3. The van der Waals surface area contributed by atoms with Crippen molar-refractivity contribution in [1.82, 2.24) is 39.2 Å². The number of halogens is 2. The number of likely N-dealkylation sites (N-methyl/N-ethyl adjacent to an activating group) is 1. The van der Waals surface area contributed by atoms with Gasteiger partial charge in [0.25, 0.3) is 8.32 Å². The number of aromatic nitrogens is 5. The van der Waals surface area contributed by atoms with E-state index >= 15 is 8.78 Å². The van der Waals surface area contributed by atoms with Crippen molar-refractivity contribution in [2.75, 3.05) is 77.8 Å². The van der Waals surface area contributed by atoms with Crippen LogP contribution in [0.15, 0.2) is 53.5 Å². The van der Waals surface area contributed by atoms with Gasteiger partial charge < -0.3 is 43.0 Å². The number of aliphatic hydroxyl groups is 1. The number of anilines is 1. The fourth-order valence-electron chi connectivity index (χ4n) is 16.3. The molecule has 2 N–H and O–H groups in total. The fraction of sp³-hybridized carbons (Fsp3) is 0.597. The van der Waals surface area contributed by atoms with Gasteiger partial charge in [0.15, 0.2) is 12.0 Å². The Morgan fingerprint density at radius 3 is 2.17 bits per heavy atom. The lowest BCUT2D eigenvalue weighted by molar-refractivity contribution is -0.135. The van der Waals surface area contributed by atoms with Gasteiger partial charge in [-0.1, -0.05) is 95.1 Å². The Balaban J connectivity index is 0.838. The zero-order chi connectivity index (χ0) is 69.3. The minimum absolute atomic E-state index is 0.0380. The molecule has 4 aliphatic rings. The lowest BCUT2D eigenvalue weighted by Crippen LogP contribution is -2.50. The Morgan fingerprint density at radius 2 is 1.49 bits per heavy atom. The second kappa shape index (κ2) is 29.2. The third-order valence-electron chi connectivity index (χ3n) is 21.1. The molecule has 520 valence electrons. The van der Waals surface area contributed by atoms with E-state index in [-0.39, 0.29) is 133 Å². The van der Waals surface area contributed by atoms with E-state index in [2.05, 4.69) is 105 Å². The number of imide groups is 1. The van der Waals surface area contributed by atoms with E-state index in [4.69, 9.17) is 43.1 Å². The van der Waals surface area contributed by atoms with Crippen LogP contribution in [-0.4, -0.2) is 164 Å². The molecule has 6 aromatic rings. The molecule has 10 rings (SSSR count). The molecule has 1 unspecified atom stereocenters. The first-order valence-corrected chi connectivity index (χ1v) is 38.9. The number of imidazole rings is 1. The van der Waals surface area contributed by atoms with Gasteiger partial charge in [0.1, 0.15) is 61.7 Å². The largest absolute Gasteiger partial charge is 0.543 e. The Hall–Kier alpha value is -7.02. The van der Waals surface area contributed by atoms with Gasteiger partial charge >= 0.3 is 17.8 Å². The van der Waals surface area contributed by atoms with Crippen molar-refractivity contribution in [2.24, 2.45) is 7.05 Å². The van der Waals surface area contributed by atoms with Crippen LogP contribution in [0.3, 0.4) is 0 Å². The van der Waals surface area contributed by atoms with E-state index in [0.29, 0.717) is 88.8 Å². The quantitative estimate of drug-likeness (QED) is 0.0236. The van der Waals surface area contributed by atoms with Crippen LogP contribution >= 0.6 is 0 Å². The molecule has 0 saturated carbocycles. The van der Waals surface area contributed by atoms with Gasteiger partial charge in [-0.3, -0.25) is 33.9 Å². The number of benzene rings is 3. The van der Waals surface area contributed by atoms with Crippen LogP contribution in [0, 0.1) is 23.1 Å². The lowest BCUT2D eigenvalue weighted by atomic mass is 9.94. The van der Waals surface area contributed by atoms with E-state index in [0.717, 1.165) is 12.8 Å². The summed E-state index contributed by atoms with van der Waals surface area (Å²) in [5.41, 5.74) is 4.91. The van der Waals surface area contributed by atoms with Crippen molar-refractivity contribution < 1.29 is 56.4 Å². The number of hydrogen-bond acceptors (Lipinski definition) is 16. The highest BCUT2D eigenvalue weighted by atomic mass is 28.4. The predicted molar refractivity (Wildman–Crippen MR) is 374 cm³/mol. The molecule has 96 heavy (non-hydrogen) atoms. The van der Waals surface area contributed by atoms with Gasteiger partial charge in [-0.25, -0.2) is 18.4 Å². The Morgan fingerprint density at radius 1 is 0.802 bits per heavy atom. The van der Waals surface area contributed by atoms with Crippen molar-refractivity contribution in [3.8, 4) is 40.2 Å². The molecule has 20 nitrogen and oxygen atoms in total. The first kappa shape index (κ1) is 71.7. The van der Waals surface area contributed by atoms with Crippen molar-refractivity contribution in [1.29, 1.82) is 0 Å². The number of nitrogens with one attached hydrogen (secondary N) is 1. The zero-order valence-corrected chi connectivity index (χ0v) is 60.8. The van der Waals surface area contributed by atoms with Crippen molar-refractivity contribution >= 4 is 72.8 Å². The minimum Gasteiger partial charge on any atom is -0.543 e. The number of nitrogens with zero attached hydrogens (tertiary/aromatic N) is 8. The van der Waals surface area contributed by atoms with Crippen LogP contribution in [0.4, 0.5) is 19.4 Å². The molecule has 0 bridgehead atoms. The van der Waals surface area contributed by atoms with Gasteiger partial charge in [0.05, 0.1) is 59.6 Å². The second-order valence-electron chi connectivity index (χ2n) is 29.1. The molecular formula is C72H99F2N9O11Si2. The summed E-state index contributed by atoms with van der Waals surface area (Å²) in [7, 11) is -1.70. The summed E-state index contributed by atoms with van der Waals surface area (Å²) in [5.74, 6) is 2.79. The molecule has 3 aromatic carbocycles. The summed E-state index contributed by atoms with van der Waals surface area (Å²) in [6.45, 7) is 31.6. The average Bonchev–Trinajstić information content (AvgIpc) is 0.872. The van der Waals surface area contributed by atoms with Crippen molar-refractivity contribution in [2.45, 2.75) is 198 Å². The van der Waals surface area contributed by atoms with Crippen LogP contribution in [0.1, 0.15) is 153 Å². The Labute approximate surface area is 565 Å². The van der Waals surface area contributed by atoms with E-state index in [9.17, 15) is 24.3 Å². The van der Waals surface area contributed by atoms with Crippen LogP contribution in [0.5, 0.6) is 17.5 Å². The maximum absolute atomic E-state index is 18.5. The molecule has 0 aliphatic carbocycles. The predicted octanol–water partition coefficient (Wildman–Crippen LogP) is 12.7. The lowest BCUT2D eigenvalue weighted by Gasteiger charge is -2.42. The van der Waals surface area contributed by atoms with E-state index in [1.54, 1.807) is 51.5 Å². The van der Waals surface area contributed by atoms with E-state index in [1.165, 1.54) is 20.1 Å². The molecule has 0 spiro atoms. The van der Waals surface area contributed by atoms with Gasteiger partial charge in [-0.05, 0) is 114 Å². The standard InChI is InChI=1S/C72H99F2N9O11Si2/c1-44(2)95(45(3)4,46(5)6)37-25-53-56(73)20-18-50-38-52(94-96(47(7)8,48(9)10)49(11)12)39-54(62(50)53)64-63(74)65-55(41-75-64)66(81-29-16-26-71(13,88)42-81)78-68(77-65)92-43-72-27-17-30-82(72)61(24-28-72)93-70(87)79(14)31-32-89-33-34-90-35-36-91-51-19-21-57-59(40-51)80(15)69(86)83(57)58-22-23-60(84)76-67(58)85/h18-21,38-41,44-49,58,61,88H,16-17,22-24,26-36,42-43H2,1-15H3,(H,76,84,85)/t58?,61-,71+,72-/m0/s1. The third kappa shape index (κ3) is 14.2. The number of hydrogen-bond donors (Lipinski definition) is 2. The molecule has 3 aromatic heterocycles. The number of β-amino-alcohol motifs (C(OH)–C–C–N with tert-alkyl or cyclic N) is 1. The molecule has 24 heteroatoms. The van der Waals surface area contributed by atoms with E-state index < -0.39 is 63.4 Å². The first-order chi connectivity index (χ1) is 45.5. The fourth-order valence-corrected chi connectivity index (χ4v) is 26.8. The zero-order valence-electron chi connectivity index (χ0n) is 58.8. The van der Waals surface area contributed by atoms with Crippen LogP contribution < -0.4 is 29.8 Å². The molecule has 3 amide bonds. The number of amides is 3. The molecule has 4 atom stereocenters. The van der Waals surface area contributed by atoms with Gasteiger partial charge in [0.2, 0.25) is 11.8 Å². The van der Waals surface area contributed by atoms with Crippen LogP contribution in [0.2, 0.25) is 33.2 Å². The van der Waals surface area contributed by atoms with E-state index in [1.807, 2.05) is 17.0 Å². The smallest absolute Gasteiger partial charge is 0.411 e. The number of aryl methyl sites for hydroxylation is 1. The first-order valence-electron chi connectivity index (χ1n) is 34.5. The van der Waals surface area contributed by atoms with Crippen molar-refractivity contribution in [3.05, 3.63) is 76.3 Å². The number of piperidine rings is 2. The molecular weight excluding hydrogens is 1260 g/mol. The van der Waals surface area contributed by atoms with Gasteiger partial charge in [-0.15, -0.1) is 5.54 Å². The minimum atomic E-state index is -2.59. The number of pyridine rings is 1. The number of ether oxygens (including phenoxy) is 5. The topological polar surface area (TPSA) is 214 Å². The molecule has 4 fully saturated rings. The van der Waals surface area contributed by atoms with Crippen LogP contribution in [0.25, 0.3) is 44.0 Å². The Bertz CT molecular complexity index is 3950. The third-order valence-corrected chi connectivity index (χ3v) is 33.4. The summed E-state index contributed by atoms with van der Waals surface area (Å²) >= 11 is 0. The van der Waals surface area contributed by atoms with Gasteiger partial charge in [0, 0.05) is 76.3 Å².